The van der Waals surface area contributed by atoms with Gasteiger partial charge in [0.1, 0.15) is 11.3 Å². The van der Waals surface area contributed by atoms with Crippen molar-refractivity contribution in [2.24, 2.45) is 4.99 Å². The Labute approximate surface area is 234 Å². The van der Waals surface area contributed by atoms with Crippen LogP contribution in [0.3, 0.4) is 0 Å². The molecule has 0 radical (unpaired) electrons. The lowest BCUT2D eigenvalue weighted by Gasteiger charge is -2.18. The van der Waals surface area contributed by atoms with E-state index in [9.17, 15) is 4.79 Å². The van der Waals surface area contributed by atoms with Crippen molar-refractivity contribution in [1.29, 1.82) is 0 Å². The van der Waals surface area contributed by atoms with Crippen LogP contribution in [0.15, 0.2) is 106 Å². The minimum atomic E-state index is 0.637. The monoisotopic (exact) mass is 522 g/mol. The fraction of sp³-hybridized carbons (Fsp3) is 0.111. The highest BCUT2D eigenvalue weighted by atomic mass is 16.3. The minimum absolute atomic E-state index is 0.637. The number of benzene rings is 5. The largest absolute Gasteiger partial charge is 0.456 e. The van der Waals surface area contributed by atoms with Crippen molar-refractivity contribution >= 4 is 34.3 Å². The van der Waals surface area contributed by atoms with E-state index in [1.54, 1.807) is 0 Å². The number of carbonyl (C=O) groups is 1. The van der Waals surface area contributed by atoms with E-state index in [0.717, 1.165) is 67.5 Å². The van der Waals surface area contributed by atoms with E-state index in [2.05, 4.69) is 75.5 Å². The molecule has 1 aliphatic carbocycles. The van der Waals surface area contributed by atoms with Crippen molar-refractivity contribution in [1.82, 2.24) is 0 Å². The van der Waals surface area contributed by atoms with Crippen molar-refractivity contribution in [3.05, 3.63) is 130 Å². The van der Waals surface area contributed by atoms with Crippen LogP contribution < -0.4 is 10.7 Å². The summed E-state index contributed by atoms with van der Waals surface area (Å²) in [5, 5.41) is 5.33. The second-order valence-electron chi connectivity index (χ2n) is 10.3. The normalized spacial score (nSPS) is 11.8. The average molecular weight is 523 g/mol. The van der Waals surface area contributed by atoms with Gasteiger partial charge in [0.15, 0.2) is 6.29 Å². The summed E-state index contributed by atoms with van der Waals surface area (Å²) in [7, 11) is 0. The molecule has 40 heavy (non-hydrogen) atoms. The van der Waals surface area contributed by atoms with Crippen LogP contribution >= 0.6 is 0 Å². The van der Waals surface area contributed by atoms with Gasteiger partial charge < -0.3 is 9.73 Å². The second-order valence-corrected chi connectivity index (χ2v) is 10.3. The first-order chi connectivity index (χ1) is 19.4. The van der Waals surface area contributed by atoms with Gasteiger partial charge in [0.2, 0.25) is 0 Å². The molecule has 0 amide bonds. The summed E-state index contributed by atoms with van der Waals surface area (Å²) in [5.41, 5.74) is 11.7. The highest BCUT2D eigenvalue weighted by molar-refractivity contribution is 6.06. The van der Waals surface area contributed by atoms with Crippen LogP contribution in [0.4, 0.5) is 17.1 Å². The topological polar surface area (TPSA) is 54.6 Å². The number of carbonyl (C=O) groups excluding carboxylic acids is 1. The van der Waals surface area contributed by atoms with Crippen molar-refractivity contribution in [2.75, 3.05) is 5.32 Å². The Hall–Kier alpha value is -4.96. The van der Waals surface area contributed by atoms with Crippen LogP contribution in [-0.4, -0.2) is 6.29 Å². The van der Waals surface area contributed by atoms with Gasteiger partial charge in [-0.2, -0.15) is 0 Å². The third kappa shape index (κ3) is 4.58. The van der Waals surface area contributed by atoms with Crippen molar-refractivity contribution in [3.63, 3.8) is 0 Å². The predicted octanol–water partition coefficient (Wildman–Crippen LogP) is 9.23. The molecule has 196 valence electrons. The van der Waals surface area contributed by atoms with E-state index in [1.807, 2.05) is 54.6 Å². The van der Waals surface area contributed by atoms with Gasteiger partial charge in [-0.05, 0) is 79.8 Å². The van der Waals surface area contributed by atoms with E-state index in [0.29, 0.717) is 11.3 Å². The molecule has 0 unspecified atom stereocenters. The molecule has 4 heteroatoms. The molecule has 0 atom stereocenters. The van der Waals surface area contributed by atoms with E-state index < -0.39 is 0 Å². The van der Waals surface area contributed by atoms with E-state index >= 15 is 0 Å². The van der Waals surface area contributed by atoms with Crippen molar-refractivity contribution in [2.45, 2.75) is 27.7 Å². The quantitative estimate of drug-likeness (QED) is 0.181. The van der Waals surface area contributed by atoms with E-state index in [4.69, 9.17) is 9.41 Å². The maximum absolute atomic E-state index is 12.1. The smallest absolute Gasteiger partial charge is 0.150 e. The molecule has 4 nitrogen and oxygen atoms in total. The molecular formula is C36H30N2O2. The molecule has 1 N–H and O–H groups in total. The van der Waals surface area contributed by atoms with Crippen LogP contribution in [-0.2, 0) is 0 Å². The maximum atomic E-state index is 12.1. The summed E-state index contributed by atoms with van der Waals surface area (Å²) < 4.78 is 6.57. The molecule has 1 aliphatic heterocycles. The number of hydrogen-bond donors (Lipinski definition) is 1. The maximum Gasteiger partial charge on any atom is 0.150 e. The Kier molecular flexibility index (Phi) is 6.53. The summed E-state index contributed by atoms with van der Waals surface area (Å²) in [6, 6.07) is 32.4. The molecule has 0 spiro atoms. The molecular weight excluding hydrogens is 492 g/mol. The summed E-state index contributed by atoms with van der Waals surface area (Å²) >= 11 is 0. The first kappa shape index (κ1) is 25.3. The Morgan fingerprint density at radius 3 is 2.12 bits per heavy atom. The third-order valence-electron chi connectivity index (χ3n) is 7.49. The van der Waals surface area contributed by atoms with Gasteiger partial charge in [-0.3, -0.25) is 4.79 Å². The van der Waals surface area contributed by atoms with Crippen LogP contribution in [0.1, 0.15) is 32.6 Å². The van der Waals surface area contributed by atoms with E-state index in [-0.39, 0.29) is 0 Å². The molecule has 0 aromatic heterocycles. The number of anilines is 2. The van der Waals surface area contributed by atoms with Gasteiger partial charge in [0.05, 0.1) is 11.0 Å². The Balaban J connectivity index is 1.61. The average Bonchev–Trinajstić information content (AvgIpc) is 2.95. The number of nitrogens with one attached hydrogen (secondary N) is 1. The second kappa shape index (κ2) is 10.3. The number of aryl methyl sites for hydroxylation is 4. The Bertz CT molecular complexity index is 1910. The molecule has 4 aromatic carbocycles. The lowest BCUT2D eigenvalue weighted by molar-refractivity contribution is 0.112. The standard InChI is InChI=1S/C36H30N2O2/c1-22-9-7-10-23(2)35(22)37-27-15-17-30-32(19-27)40-33-20-28(38-36-24(3)11-8-12-25(36)4)16-18-31(33)34(30)29-14-6-5-13-26(29)21-39/h5-21,37H,1-4H3. The van der Waals surface area contributed by atoms with Crippen LogP contribution in [0, 0.1) is 27.7 Å². The van der Waals surface area contributed by atoms with Gasteiger partial charge >= 0.3 is 0 Å². The summed E-state index contributed by atoms with van der Waals surface area (Å²) in [6.07, 6.45) is 0.915. The first-order valence-electron chi connectivity index (χ1n) is 13.4. The van der Waals surface area contributed by atoms with Gasteiger partial charge in [-0.15, -0.1) is 0 Å². The fourth-order valence-electron chi connectivity index (χ4n) is 5.41. The number of para-hydroxylation sites is 2. The number of fused-ring (bicyclic) bond motifs is 2. The molecule has 6 rings (SSSR count). The van der Waals surface area contributed by atoms with Gasteiger partial charge in [0, 0.05) is 45.6 Å². The molecule has 1 heterocycles. The summed E-state index contributed by atoms with van der Waals surface area (Å²) in [6.45, 7) is 8.35. The van der Waals surface area contributed by atoms with Gasteiger partial charge in [0.25, 0.3) is 0 Å². The lowest BCUT2D eigenvalue weighted by Crippen LogP contribution is -2.03. The Morgan fingerprint density at radius 1 is 0.700 bits per heavy atom. The molecule has 0 saturated carbocycles. The number of aldehydes is 1. The van der Waals surface area contributed by atoms with Gasteiger partial charge in [-0.1, -0.05) is 60.7 Å². The zero-order chi connectivity index (χ0) is 27.8. The van der Waals surface area contributed by atoms with Crippen LogP contribution in [0.2, 0.25) is 0 Å². The number of rotatable bonds is 5. The zero-order valence-corrected chi connectivity index (χ0v) is 23.1. The highest BCUT2D eigenvalue weighted by Gasteiger charge is 2.19. The summed E-state index contributed by atoms with van der Waals surface area (Å²) in [4.78, 5) is 17.0. The van der Waals surface area contributed by atoms with Crippen LogP contribution in [0.5, 0.6) is 0 Å². The predicted molar refractivity (Wildman–Crippen MR) is 164 cm³/mol. The Morgan fingerprint density at radius 2 is 1.40 bits per heavy atom. The number of nitrogens with zero attached hydrogens (tertiary/aromatic N) is 1. The molecule has 2 aliphatic rings. The van der Waals surface area contributed by atoms with Crippen molar-refractivity contribution < 1.29 is 9.21 Å². The lowest BCUT2D eigenvalue weighted by atomic mass is 9.91. The zero-order valence-electron chi connectivity index (χ0n) is 23.1. The summed E-state index contributed by atoms with van der Waals surface area (Å²) in [5.74, 6) is 0.708. The fourth-order valence-corrected chi connectivity index (χ4v) is 5.41. The SMILES string of the molecule is Cc1cccc(C)c1N=c1ccc2c(-c3ccccc3C=O)c3ccc(Nc4c(C)cccc4C)cc3oc-2c1. The highest BCUT2D eigenvalue weighted by Crippen LogP contribution is 2.42. The van der Waals surface area contributed by atoms with E-state index in [1.165, 1.54) is 11.1 Å². The third-order valence-corrected chi connectivity index (χ3v) is 7.49. The first-order valence-corrected chi connectivity index (χ1v) is 13.4. The van der Waals surface area contributed by atoms with Crippen molar-refractivity contribution in [3.8, 4) is 22.5 Å². The minimum Gasteiger partial charge on any atom is -0.456 e. The molecule has 0 saturated heterocycles. The molecule has 4 aromatic rings. The molecule has 0 bridgehead atoms. The van der Waals surface area contributed by atoms with Crippen LogP contribution in [0.25, 0.3) is 33.4 Å². The van der Waals surface area contributed by atoms with Gasteiger partial charge in [-0.25, -0.2) is 4.99 Å². The number of hydrogen-bond acceptors (Lipinski definition) is 4. The molecule has 0 fully saturated rings.